The van der Waals surface area contributed by atoms with E-state index < -0.39 is 0 Å². The van der Waals surface area contributed by atoms with Gasteiger partial charge in [0.05, 0.1) is 27.2 Å². The van der Waals surface area contributed by atoms with E-state index in [2.05, 4.69) is 5.32 Å². The average Bonchev–Trinajstić information content (AvgIpc) is 2.90. The SMILES string of the molecule is CCOC(=O)N1CCC(n2ccc3c(NC(=O)Cc4ccc(OC)cc4OC)cccc3c2=O)CC1. The van der Waals surface area contributed by atoms with Crippen LogP contribution in [0.2, 0.25) is 0 Å². The lowest BCUT2D eigenvalue weighted by atomic mass is 10.0. The van der Waals surface area contributed by atoms with E-state index in [9.17, 15) is 14.4 Å². The number of carbonyl (C=O) groups is 2. The number of ether oxygens (including phenoxy) is 3. The highest BCUT2D eigenvalue weighted by Crippen LogP contribution is 2.27. The van der Waals surface area contributed by atoms with Crippen LogP contribution in [0.1, 0.15) is 31.4 Å². The van der Waals surface area contributed by atoms with Crippen LogP contribution in [0.3, 0.4) is 0 Å². The molecule has 2 aromatic carbocycles. The molecule has 1 fully saturated rings. The predicted octanol–water partition coefficient (Wildman–Crippen LogP) is 3.99. The van der Waals surface area contributed by atoms with Gasteiger partial charge in [-0.2, -0.15) is 0 Å². The second-order valence-electron chi connectivity index (χ2n) is 8.61. The number of anilines is 1. The van der Waals surface area contributed by atoms with Gasteiger partial charge in [0, 0.05) is 53.4 Å². The number of hydrogen-bond acceptors (Lipinski definition) is 6. The number of piperidine rings is 1. The zero-order valence-electron chi connectivity index (χ0n) is 20.8. The number of pyridine rings is 1. The van der Waals surface area contributed by atoms with Gasteiger partial charge in [0.2, 0.25) is 5.91 Å². The Morgan fingerprint density at radius 2 is 1.81 bits per heavy atom. The molecule has 9 nitrogen and oxygen atoms in total. The Kier molecular flexibility index (Phi) is 7.77. The van der Waals surface area contributed by atoms with Crippen LogP contribution in [0.5, 0.6) is 11.5 Å². The molecule has 2 amide bonds. The maximum atomic E-state index is 13.3. The smallest absolute Gasteiger partial charge is 0.409 e. The number of rotatable bonds is 7. The highest BCUT2D eigenvalue weighted by atomic mass is 16.6. The van der Waals surface area contributed by atoms with Crippen molar-refractivity contribution in [1.82, 2.24) is 9.47 Å². The topological polar surface area (TPSA) is 99.1 Å². The zero-order chi connectivity index (χ0) is 25.7. The Morgan fingerprint density at radius 1 is 1.03 bits per heavy atom. The van der Waals surface area contributed by atoms with E-state index in [4.69, 9.17) is 14.2 Å². The van der Waals surface area contributed by atoms with Crippen LogP contribution >= 0.6 is 0 Å². The van der Waals surface area contributed by atoms with Crippen molar-refractivity contribution in [2.24, 2.45) is 0 Å². The van der Waals surface area contributed by atoms with E-state index in [1.807, 2.05) is 6.07 Å². The minimum Gasteiger partial charge on any atom is -0.497 e. The van der Waals surface area contributed by atoms with E-state index in [-0.39, 0.29) is 30.0 Å². The van der Waals surface area contributed by atoms with Crippen molar-refractivity contribution in [1.29, 1.82) is 0 Å². The Bertz CT molecular complexity index is 1310. The first kappa shape index (κ1) is 25.1. The number of nitrogens with one attached hydrogen (secondary N) is 1. The molecule has 0 saturated carbocycles. The average molecular weight is 494 g/mol. The predicted molar refractivity (Wildman–Crippen MR) is 137 cm³/mol. The molecule has 36 heavy (non-hydrogen) atoms. The summed E-state index contributed by atoms with van der Waals surface area (Å²) >= 11 is 0. The molecular formula is C27H31N3O6. The molecular weight excluding hydrogens is 462 g/mol. The van der Waals surface area contributed by atoms with Crippen molar-refractivity contribution in [3.8, 4) is 11.5 Å². The molecule has 0 radical (unpaired) electrons. The third kappa shape index (κ3) is 5.30. The first-order valence-electron chi connectivity index (χ1n) is 12.0. The van der Waals surface area contributed by atoms with Gasteiger partial charge < -0.3 is 29.0 Å². The van der Waals surface area contributed by atoms with E-state index in [0.29, 0.717) is 60.5 Å². The summed E-state index contributed by atoms with van der Waals surface area (Å²) in [6.07, 6.45) is 2.92. The summed E-state index contributed by atoms with van der Waals surface area (Å²) < 4.78 is 17.4. The molecule has 3 aromatic rings. The summed E-state index contributed by atoms with van der Waals surface area (Å²) in [7, 11) is 3.12. The van der Waals surface area contributed by atoms with E-state index in [0.717, 1.165) is 5.56 Å². The number of amides is 2. The number of benzene rings is 2. The zero-order valence-corrected chi connectivity index (χ0v) is 20.8. The third-order valence-corrected chi connectivity index (χ3v) is 6.48. The van der Waals surface area contributed by atoms with Gasteiger partial charge in [-0.15, -0.1) is 0 Å². The minimum absolute atomic E-state index is 0.00615. The first-order valence-corrected chi connectivity index (χ1v) is 12.0. The molecule has 0 bridgehead atoms. The molecule has 9 heteroatoms. The maximum Gasteiger partial charge on any atom is 0.409 e. The van der Waals surface area contributed by atoms with Crippen LogP contribution in [-0.4, -0.2) is 55.4 Å². The second kappa shape index (κ2) is 11.2. The van der Waals surface area contributed by atoms with Crippen molar-refractivity contribution in [3.63, 3.8) is 0 Å². The van der Waals surface area contributed by atoms with Crippen LogP contribution in [0.4, 0.5) is 10.5 Å². The molecule has 2 heterocycles. The molecule has 0 unspecified atom stereocenters. The fourth-order valence-electron chi connectivity index (χ4n) is 4.60. The molecule has 1 aliphatic heterocycles. The Hall–Kier alpha value is -4.01. The van der Waals surface area contributed by atoms with E-state index >= 15 is 0 Å². The lowest BCUT2D eigenvalue weighted by molar-refractivity contribution is -0.115. The van der Waals surface area contributed by atoms with Gasteiger partial charge in [0.15, 0.2) is 0 Å². The number of fused-ring (bicyclic) bond motifs is 1. The highest BCUT2D eigenvalue weighted by molar-refractivity contribution is 6.02. The Labute approximate surface area is 209 Å². The maximum absolute atomic E-state index is 13.3. The van der Waals surface area contributed by atoms with Gasteiger partial charge >= 0.3 is 6.09 Å². The Morgan fingerprint density at radius 3 is 2.50 bits per heavy atom. The number of methoxy groups -OCH3 is 2. The molecule has 1 N–H and O–H groups in total. The van der Waals surface area contributed by atoms with Crippen LogP contribution in [-0.2, 0) is 16.0 Å². The minimum atomic E-state index is -0.311. The molecule has 0 atom stereocenters. The molecule has 4 rings (SSSR count). The van der Waals surface area contributed by atoms with E-state index in [1.165, 1.54) is 0 Å². The summed E-state index contributed by atoms with van der Waals surface area (Å²) in [5.74, 6) is 0.994. The third-order valence-electron chi connectivity index (χ3n) is 6.48. The lowest BCUT2D eigenvalue weighted by Crippen LogP contribution is -2.41. The molecule has 0 spiro atoms. The number of likely N-dealkylation sites (tertiary alicyclic amines) is 1. The van der Waals surface area contributed by atoms with Crippen molar-refractivity contribution in [3.05, 3.63) is 64.6 Å². The lowest BCUT2D eigenvalue weighted by Gasteiger charge is -2.32. The molecule has 190 valence electrons. The summed E-state index contributed by atoms with van der Waals surface area (Å²) in [6.45, 7) is 3.21. The van der Waals surface area contributed by atoms with Gasteiger partial charge in [0.1, 0.15) is 11.5 Å². The number of nitrogens with zero attached hydrogens (tertiary/aromatic N) is 2. The molecule has 1 saturated heterocycles. The van der Waals surface area contributed by atoms with Crippen molar-refractivity contribution in [2.75, 3.05) is 39.2 Å². The van der Waals surface area contributed by atoms with Gasteiger partial charge in [-0.05, 0) is 44.0 Å². The largest absolute Gasteiger partial charge is 0.497 e. The normalized spacial score (nSPS) is 13.9. The van der Waals surface area contributed by atoms with Crippen molar-refractivity contribution < 1.29 is 23.8 Å². The monoisotopic (exact) mass is 493 g/mol. The number of aromatic nitrogens is 1. The van der Waals surface area contributed by atoms with Gasteiger partial charge in [-0.1, -0.05) is 12.1 Å². The van der Waals surface area contributed by atoms with Crippen molar-refractivity contribution in [2.45, 2.75) is 32.2 Å². The van der Waals surface area contributed by atoms with Crippen molar-refractivity contribution >= 4 is 28.5 Å². The van der Waals surface area contributed by atoms with Crippen LogP contribution in [0, 0.1) is 0 Å². The van der Waals surface area contributed by atoms with Crippen LogP contribution < -0.4 is 20.3 Å². The molecule has 1 aliphatic rings. The van der Waals surface area contributed by atoms with Gasteiger partial charge in [-0.3, -0.25) is 9.59 Å². The number of hydrogen-bond donors (Lipinski definition) is 1. The van der Waals surface area contributed by atoms with E-state index in [1.54, 1.807) is 73.2 Å². The summed E-state index contributed by atoms with van der Waals surface area (Å²) in [5.41, 5.74) is 1.19. The summed E-state index contributed by atoms with van der Waals surface area (Å²) in [4.78, 5) is 39.8. The Balaban J connectivity index is 1.50. The fourth-order valence-corrected chi connectivity index (χ4v) is 4.60. The quantitative estimate of drug-likeness (QED) is 0.534. The standard InChI is InChI=1S/C27H31N3O6/c1-4-36-27(33)29-13-10-19(11-14-29)30-15-12-21-22(26(30)32)6-5-7-23(21)28-25(31)16-18-8-9-20(34-2)17-24(18)35-3/h5-9,12,15,17,19H,4,10-11,13-14,16H2,1-3H3,(H,28,31). The van der Waals surface area contributed by atoms with Gasteiger partial charge in [0.25, 0.3) is 5.56 Å². The van der Waals surface area contributed by atoms with Crippen LogP contribution in [0.25, 0.3) is 10.8 Å². The fraction of sp³-hybridized carbons (Fsp3) is 0.370. The highest BCUT2D eigenvalue weighted by Gasteiger charge is 2.25. The summed E-state index contributed by atoms with van der Waals surface area (Å²) in [6, 6.07) is 12.5. The number of carbonyl (C=O) groups excluding carboxylic acids is 2. The first-order chi connectivity index (χ1) is 17.4. The van der Waals surface area contributed by atoms with Gasteiger partial charge in [-0.25, -0.2) is 4.79 Å². The second-order valence-corrected chi connectivity index (χ2v) is 8.61. The molecule has 1 aromatic heterocycles. The summed E-state index contributed by atoms with van der Waals surface area (Å²) in [5, 5.41) is 4.15. The molecule has 0 aliphatic carbocycles. The van der Waals surface area contributed by atoms with Crippen LogP contribution in [0.15, 0.2) is 53.5 Å².